The molecule has 0 saturated heterocycles. The zero-order valence-corrected chi connectivity index (χ0v) is 13.8. The predicted molar refractivity (Wildman–Crippen MR) is 84.8 cm³/mol. The van der Waals surface area contributed by atoms with E-state index in [1.54, 1.807) is 11.8 Å². The first-order chi connectivity index (χ1) is 9.95. The normalized spacial score (nSPS) is 10.9. The second kappa shape index (κ2) is 7.20. The Balaban J connectivity index is 2.02. The molecule has 0 aliphatic heterocycles. The van der Waals surface area contributed by atoms with Gasteiger partial charge in [0, 0.05) is 10.8 Å². The molecule has 2 rings (SSSR count). The lowest BCUT2D eigenvalue weighted by atomic mass is 10.2. The summed E-state index contributed by atoms with van der Waals surface area (Å²) in [7, 11) is 0. The van der Waals surface area contributed by atoms with E-state index in [1.165, 1.54) is 23.5 Å². The molecule has 8 heteroatoms. The fraction of sp³-hybridized carbons (Fsp3) is 0.308. The van der Waals surface area contributed by atoms with Crippen molar-refractivity contribution in [3.63, 3.8) is 0 Å². The Kier molecular flexibility index (Phi) is 5.55. The van der Waals surface area contributed by atoms with Crippen molar-refractivity contribution in [2.75, 3.05) is 11.1 Å². The Labute approximate surface area is 135 Å². The van der Waals surface area contributed by atoms with Crippen LogP contribution in [0.15, 0.2) is 22.5 Å². The number of hydrogen-bond acceptors (Lipinski definition) is 5. The van der Waals surface area contributed by atoms with E-state index in [9.17, 15) is 9.18 Å². The molecule has 0 unspecified atom stereocenters. The van der Waals surface area contributed by atoms with Gasteiger partial charge in [-0.2, -0.15) is 0 Å². The first-order valence-electron chi connectivity index (χ1n) is 6.18. The van der Waals surface area contributed by atoms with Crippen molar-refractivity contribution in [1.82, 2.24) is 10.2 Å². The minimum atomic E-state index is -0.668. The van der Waals surface area contributed by atoms with Crippen LogP contribution in [0.4, 0.5) is 9.52 Å². The number of anilines is 1. The maximum absolute atomic E-state index is 13.6. The van der Waals surface area contributed by atoms with Crippen LogP contribution in [0.5, 0.6) is 0 Å². The third-order valence-electron chi connectivity index (χ3n) is 2.34. The molecule has 1 N–H and O–H groups in total. The van der Waals surface area contributed by atoms with Gasteiger partial charge in [-0.25, -0.2) is 4.39 Å². The van der Waals surface area contributed by atoms with Gasteiger partial charge in [-0.3, -0.25) is 10.1 Å². The number of amides is 1. The zero-order valence-electron chi connectivity index (χ0n) is 11.4. The molecule has 0 saturated carbocycles. The van der Waals surface area contributed by atoms with Crippen molar-refractivity contribution in [1.29, 1.82) is 0 Å². The Bertz CT molecular complexity index is 648. The van der Waals surface area contributed by atoms with Gasteiger partial charge in [0.25, 0.3) is 5.91 Å². The van der Waals surface area contributed by atoms with E-state index in [2.05, 4.69) is 29.4 Å². The molecular formula is C13H13ClFN3OS2. The lowest BCUT2D eigenvalue weighted by molar-refractivity contribution is 0.102. The van der Waals surface area contributed by atoms with Crippen LogP contribution in [0, 0.1) is 11.7 Å². The topological polar surface area (TPSA) is 54.9 Å². The molecule has 1 amide bonds. The van der Waals surface area contributed by atoms with Crippen LogP contribution in [0.2, 0.25) is 5.02 Å². The lowest BCUT2D eigenvalue weighted by Crippen LogP contribution is -2.13. The van der Waals surface area contributed by atoms with E-state index in [1.807, 2.05) is 0 Å². The molecule has 0 radical (unpaired) electrons. The van der Waals surface area contributed by atoms with E-state index in [4.69, 9.17) is 11.6 Å². The van der Waals surface area contributed by atoms with E-state index in [-0.39, 0.29) is 10.6 Å². The molecule has 0 fully saturated rings. The van der Waals surface area contributed by atoms with Gasteiger partial charge in [0.15, 0.2) is 4.34 Å². The second-order valence-corrected chi connectivity index (χ2v) is 7.34. The number of halogens is 2. The van der Waals surface area contributed by atoms with Crippen LogP contribution in [0.25, 0.3) is 0 Å². The average molecular weight is 346 g/mol. The smallest absolute Gasteiger partial charge is 0.260 e. The molecule has 0 atom stereocenters. The Morgan fingerprint density at radius 3 is 2.90 bits per heavy atom. The van der Waals surface area contributed by atoms with Gasteiger partial charge >= 0.3 is 0 Å². The fourth-order valence-corrected chi connectivity index (χ4v) is 3.28. The number of benzene rings is 1. The van der Waals surface area contributed by atoms with Crippen molar-refractivity contribution in [3.05, 3.63) is 34.6 Å². The molecule has 112 valence electrons. The molecule has 1 heterocycles. The molecule has 4 nitrogen and oxygen atoms in total. The molecule has 0 aliphatic rings. The van der Waals surface area contributed by atoms with Crippen molar-refractivity contribution in [3.8, 4) is 0 Å². The van der Waals surface area contributed by atoms with Gasteiger partial charge in [-0.05, 0) is 24.1 Å². The Morgan fingerprint density at radius 1 is 1.48 bits per heavy atom. The molecule has 1 aromatic carbocycles. The monoisotopic (exact) mass is 345 g/mol. The quantitative estimate of drug-likeness (QED) is 0.647. The number of carbonyl (C=O) groups is 1. The third-order valence-corrected chi connectivity index (χ3v) is 4.98. The van der Waals surface area contributed by atoms with Crippen LogP contribution in [0.1, 0.15) is 24.2 Å². The second-order valence-electron chi connectivity index (χ2n) is 4.66. The Morgan fingerprint density at radius 2 is 2.24 bits per heavy atom. The number of aromatic nitrogens is 2. The van der Waals surface area contributed by atoms with Crippen molar-refractivity contribution in [2.24, 2.45) is 5.92 Å². The number of nitrogens with one attached hydrogen (secondary N) is 1. The summed E-state index contributed by atoms with van der Waals surface area (Å²) in [5, 5.41) is 11.0. The number of rotatable bonds is 5. The maximum Gasteiger partial charge on any atom is 0.260 e. The van der Waals surface area contributed by atoms with Crippen LogP contribution in [-0.4, -0.2) is 21.9 Å². The standard InChI is InChI=1S/C13H13ClFN3OS2/c1-7(2)6-20-13-18-17-12(21-13)16-11(19)9-4-3-8(14)5-10(9)15/h3-5,7H,6H2,1-2H3,(H,16,17,19). The molecule has 0 spiro atoms. The average Bonchev–Trinajstić information content (AvgIpc) is 2.83. The predicted octanol–water partition coefficient (Wildman–Crippen LogP) is 4.33. The van der Waals surface area contributed by atoms with Crippen molar-refractivity contribution >= 4 is 45.7 Å². The largest absolute Gasteiger partial charge is 0.296 e. The minimum absolute atomic E-state index is 0.0778. The molecule has 21 heavy (non-hydrogen) atoms. The van der Waals surface area contributed by atoms with Gasteiger partial charge < -0.3 is 0 Å². The highest BCUT2D eigenvalue weighted by Crippen LogP contribution is 2.27. The highest BCUT2D eigenvalue weighted by molar-refractivity contribution is 8.01. The van der Waals surface area contributed by atoms with Gasteiger partial charge in [-0.15, -0.1) is 10.2 Å². The summed E-state index contributed by atoms with van der Waals surface area (Å²) in [6, 6.07) is 3.90. The van der Waals surface area contributed by atoms with E-state index < -0.39 is 11.7 Å². The summed E-state index contributed by atoms with van der Waals surface area (Å²) in [5.74, 6) is 0.230. The number of hydrogen-bond donors (Lipinski definition) is 1. The first-order valence-corrected chi connectivity index (χ1v) is 8.36. The maximum atomic E-state index is 13.6. The minimum Gasteiger partial charge on any atom is -0.296 e. The molecular weight excluding hydrogens is 333 g/mol. The van der Waals surface area contributed by atoms with Crippen LogP contribution < -0.4 is 5.32 Å². The summed E-state index contributed by atoms with van der Waals surface area (Å²) < 4.78 is 14.4. The summed E-state index contributed by atoms with van der Waals surface area (Å²) in [5.41, 5.74) is -0.0778. The van der Waals surface area contributed by atoms with Gasteiger partial charge in [-0.1, -0.05) is 48.5 Å². The fourth-order valence-electron chi connectivity index (χ4n) is 1.39. The van der Waals surface area contributed by atoms with Crippen molar-refractivity contribution in [2.45, 2.75) is 18.2 Å². The molecule has 2 aromatic rings. The van der Waals surface area contributed by atoms with Gasteiger partial charge in [0.05, 0.1) is 5.56 Å². The highest BCUT2D eigenvalue weighted by Gasteiger charge is 2.14. The van der Waals surface area contributed by atoms with Crippen LogP contribution >= 0.6 is 34.7 Å². The first kappa shape index (κ1) is 16.2. The van der Waals surface area contributed by atoms with Gasteiger partial charge in [0.2, 0.25) is 5.13 Å². The van der Waals surface area contributed by atoms with Gasteiger partial charge in [0.1, 0.15) is 5.82 Å². The summed E-state index contributed by atoms with van der Waals surface area (Å²) in [4.78, 5) is 12.0. The Hall–Kier alpha value is -1.18. The summed E-state index contributed by atoms with van der Waals surface area (Å²) in [6.45, 7) is 4.22. The summed E-state index contributed by atoms with van der Waals surface area (Å²) in [6.07, 6.45) is 0. The molecule has 0 aliphatic carbocycles. The number of nitrogens with zero attached hydrogens (tertiary/aromatic N) is 2. The third kappa shape index (κ3) is 4.66. The highest BCUT2D eigenvalue weighted by atomic mass is 35.5. The SMILES string of the molecule is CC(C)CSc1nnc(NC(=O)c2ccc(Cl)cc2F)s1. The number of carbonyl (C=O) groups excluding carboxylic acids is 1. The number of thioether (sulfide) groups is 1. The molecule has 0 bridgehead atoms. The van der Waals surface area contributed by atoms with Crippen molar-refractivity contribution < 1.29 is 9.18 Å². The lowest BCUT2D eigenvalue weighted by Gasteiger charge is -2.02. The van der Waals surface area contributed by atoms with E-state index >= 15 is 0 Å². The summed E-state index contributed by atoms with van der Waals surface area (Å²) >= 11 is 8.50. The zero-order chi connectivity index (χ0) is 15.4. The van der Waals surface area contributed by atoms with E-state index in [0.717, 1.165) is 16.2 Å². The van der Waals surface area contributed by atoms with Crippen LogP contribution in [0.3, 0.4) is 0 Å². The van der Waals surface area contributed by atoms with E-state index in [0.29, 0.717) is 11.0 Å². The van der Waals surface area contributed by atoms with Crippen LogP contribution in [-0.2, 0) is 0 Å². The molecule has 1 aromatic heterocycles.